The van der Waals surface area contributed by atoms with Crippen LogP contribution in [0.15, 0.2) is 146 Å². The summed E-state index contributed by atoms with van der Waals surface area (Å²) in [6, 6.07) is 0. The first-order valence-corrected chi connectivity index (χ1v) is 23.1. The molecule has 0 amide bonds. The van der Waals surface area contributed by atoms with Crippen LogP contribution in [-0.4, -0.2) is 37.4 Å². The highest BCUT2D eigenvalue weighted by Crippen LogP contribution is 2.43. The largest absolute Gasteiger partial charge is 0.497 e. The van der Waals surface area contributed by atoms with E-state index in [0.717, 1.165) is 12.8 Å². The van der Waals surface area contributed by atoms with Crippen molar-refractivity contribution in [1.82, 2.24) is 0 Å². The van der Waals surface area contributed by atoms with E-state index in [-0.39, 0.29) is 26.4 Å². The summed E-state index contributed by atoms with van der Waals surface area (Å²) < 4.78 is 33.2. The van der Waals surface area contributed by atoms with E-state index in [1.807, 2.05) is 85.1 Å². The first-order valence-electron chi connectivity index (χ1n) is 21.6. The molecule has 0 aliphatic carbocycles. The minimum atomic E-state index is -4.25. The van der Waals surface area contributed by atoms with Crippen LogP contribution >= 0.6 is 7.82 Å². The Morgan fingerprint density at radius 1 is 0.474 bits per heavy atom. The van der Waals surface area contributed by atoms with Crippen LogP contribution in [-0.2, 0) is 23.1 Å². The van der Waals surface area contributed by atoms with Gasteiger partial charge < -0.3 is 20.1 Å². The van der Waals surface area contributed by atoms with Crippen LogP contribution in [0.1, 0.15) is 129 Å². The molecule has 8 heteroatoms. The van der Waals surface area contributed by atoms with Crippen LogP contribution in [0.4, 0.5) is 0 Å². The normalized spacial score (nSPS) is 14.9. The topological polar surface area (TPSA) is 100 Å². The summed E-state index contributed by atoms with van der Waals surface area (Å²) in [6.45, 7) is 4.39. The first kappa shape index (κ1) is 53.5. The van der Waals surface area contributed by atoms with Crippen molar-refractivity contribution in [3.63, 3.8) is 0 Å². The van der Waals surface area contributed by atoms with E-state index in [1.165, 1.54) is 115 Å². The fourth-order valence-electron chi connectivity index (χ4n) is 5.14. The molecule has 320 valence electrons. The molecule has 0 aromatic carbocycles. The minimum absolute atomic E-state index is 0.0837. The van der Waals surface area contributed by atoms with E-state index in [2.05, 4.69) is 50.3 Å². The predicted octanol–water partition coefficient (Wildman–Crippen LogP) is 14.1. The van der Waals surface area contributed by atoms with Crippen LogP contribution in [0.2, 0.25) is 0 Å². The molecule has 0 rings (SSSR count). The second-order valence-electron chi connectivity index (χ2n) is 13.6. The number of phosphoric acid groups is 1. The van der Waals surface area contributed by atoms with Crippen molar-refractivity contribution in [2.45, 2.75) is 136 Å². The molecule has 1 unspecified atom stereocenters. The molecular formula is C49H78NO6P. The third-order valence-corrected chi connectivity index (χ3v) is 9.31. The fourth-order valence-corrected chi connectivity index (χ4v) is 5.91. The molecule has 57 heavy (non-hydrogen) atoms. The van der Waals surface area contributed by atoms with Crippen molar-refractivity contribution in [3.8, 4) is 0 Å². The Bertz CT molecular complexity index is 1300. The van der Waals surface area contributed by atoms with Gasteiger partial charge >= 0.3 is 7.82 Å². The Hall–Kier alpha value is -3.45. The average Bonchev–Trinajstić information content (AvgIpc) is 3.21. The van der Waals surface area contributed by atoms with Crippen molar-refractivity contribution in [1.29, 1.82) is 0 Å². The van der Waals surface area contributed by atoms with Crippen molar-refractivity contribution in [3.05, 3.63) is 146 Å². The van der Waals surface area contributed by atoms with Gasteiger partial charge in [0, 0.05) is 6.54 Å². The maximum atomic E-state index is 12.1. The summed E-state index contributed by atoms with van der Waals surface area (Å²) in [4.78, 5) is 9.86. The second-order valence-corrected chi connectivity index (χ2v) is 15.1. The van der Waals surface area contributed by atoms with Crippen LogP contribution in [0.25, 0.3) is 0 Å². The summed E-state index contributed by atoms with van der Waals surface area (Å²) in [5.74, 6) is 0. The molecule has 0 fully saturated rings. The molecule has 0 radical (unpaired) electrons. The SMILES string of the molecule is CCCCCCCCCCC=CC=CC=CC=CC=CC=COC[C@H](COP(=O)(O)OCCN)OC=CC=CC=CC=CC=CC=CCCCCCCCCCC. The standard InChI is InChI=1S/C49H78NO6P/c1-3-5-7-9-11-13-15-17-19-21-23-25-27-29-31-33-35-37-39-41-44-53-47-49(48-56-57(51,52)55-46-43-50)54-45-42-40-38-36-34-32-30-28-26-24-22-20-18-16-14-12-10-8-6-4-2/h21-42,44-45,49H,3-20,43,46-48,50H2,1-2H3,(H,51,52)/t49-/m1/s1. The quantitative estimate of drug-likeness (QED) is 0.0276. The number of phosphoric ester groups is 1. The molecule has 0 saturated heterocycles. The second kappa shape index (κ2) is 45.3. The summed E-state index contributed by atoms with van der Waals surface area (Å²) >= 11 is 0. The number of rotatable bonds is 39. The Labute approximate surface area is 348 Å². The lowest BCUT2D eigenvalue weighted by atomic mass is 10.1. The zero-order valence-corrected chi connectivity index (χ0v) is 36.4. The molecule has 0 aliphatic heterocycles. The minimum Gasteiger partial charge on any atom is -0.497 e. The zero-order valence-electron chi connectivity index (χ0n) is 35.5. The van der Waals surface area contributed by atoms with E-state index >= 15 is 0 Å². The number of hydrogen-bond donors (Lipinski definition) is 2. The van der Waals surface area contributed by atoms with Crippen LogP contribution in [0.3, 0.4) is 0 Å². The van der Waals surface area contributed by atoms with Gasteiger partial charge in [-0.1, -0.05) is 225 Å². The molecular weight excluding hydrogens is 730 g/mol. The van der Waals surface area contributed by atoms with E-state index in [4.69, 9.17) is 24.3 Å². The third-order valence-electron chi connectivity index (χ3n) is 8.32. The highest BCUT2D eigenvalue weighted by atomic mass is 31.2. The Kier molecular flexibility index (Phi) is 42.5. The molecule has 7 nitrogen and oxygen atoms in total. The van der Waals surface area contributed by atoms with Gasteiger partial charge in [0.1, 0.15) is 6.61 Å². The van der Waals surface area contributed by atoms with E-state index in [9.17, 15) is 9.46 Å². The molecule has 0 heterocycles. The number of hydrogen-bond acceptors (Lipinski definition) is 6. The van der Waals surface area contributed by atoms with Gasteiger partial charge in [-0.2, -0.15) is 0 Å². The Balaban J connectivity index is 4.46. The lowest BCUT2D eigenvalue weighted by molar-refractivity contribution is 0.0210. The van der Waals surface area contributed by atoms with Crippen LogP contribution in [0, 0.1) is 0 Å². The molecule has 2 atom stereocenters. The molecule has 0 bridgehead atoms. The maximum Gasteiger partial charge on any atom is 0.472 e. The monoisotopic (exact) mass is 808 g/mol. The molecule has 0 aromatic rings. The highest BCUT2D eigenvalue weighted by Gasteiger charge is 2.23. The Morgan fingerprint density at radius 3 is 1.26 bits per heavy atom. The van der Waals surface area contributed by atoms with Crippen molar-refractivity contribution in [2.24, 2.45) is 5.73 Å². The highest BCUT2D eigenvalue weighted by molar-refractivity contribution is 7.47. The van der Waals surface area contributed by atoms with Gasteiger partial charge in [-0.3, -0.25) is 9.05 Å². The lowest BCUT2D eigenvalue weighted by Crippen LogP contribution is -2.23. The predicted molar refractivity (Wildman–Crippen MR) is 246 cm³/mol. The Morgan fingerprint density at radius 2 is 0.842 bits per heavy atom. The van der Waals surface area contributed by atoms with Gasteiger partial charge in [0.25, 0.3) is 0 Å². The third kappa shape index (κ3) is 45.1. The van der Waals surface area contributed by atoms with Crippen molar-refractivity contribution in [2.75, 3.05) is 26.4 Å². The summed E-state index contributed by atoms with van der Waals surface area (Å²) in [7, 11) is -4.25. The van der Waals surface area contributed by atoms with Crippen molar-refractivity contribution >= 4 is 7.82 Å². The average molecular weight is 808 g/mol. The van der Waals surface area contributed by atoms with Gasteiger partial charge in [0.15, 0.2) is 6.10 Å². The summed E-state index contributed by atoms with van der Waals surface area (Å²) in [5, 5.41) is 0. The van der Waals surface area contributed by atoms with Gasteiger partial charge in [-0.15, -0.1) is 0 Å². The van der Waals surface area contributed by atoms with Crippen molar-refractivity contribution < 1.29 is 28.0 Å². The van der Waals surface area contributed by atoms with E-state index < -0.39 is 13.9 Å². The van der Waals surface area contributed by atoms with Crippen LogP contribution < -0.4 is 5.73 Å². The van der Waals surface area contributed by atoms with Gasteiger partial charge in [-0.05, 0) is 37.8 Å². The smallest absolute Gasteiger partial charge is 0.472 e. The van der Waals surface area contributed by atoms with Gasteiger partial charge in [-0.25, -0.2) is 4.57 Å². The number of ether oxygens (including phenoxy) is 2. The number of allylic oxidation sites excluding steroid dienone is 22. The van der Waals surface area contributed by atoms with Gasteiger partial charge in [0.05, 0.1) is 25.7 Å². The number of nitrogens with two attached hydrogens (primary N) is 1. The molecule has 0 saturated carbocycles. The first-order chi connectivity index (χ1) is 28.1. The van der Waals surface area contributed by atoms with Crippen LogP contribution in [0.5, 0.6) is 0 Å². The van der Waals surface area contributed by atoms with E-state index in [0.29, 0.717) is 0 Å². The maximum absolute atomic E-state index is 12.1. The fraction of sp³-hybridized carbons (Fsp3) is 0.510. The summed E-state index contributed by atoms with van der Waals surface area (Å²) in [5.41, 5.74) is 5.36. The van der Waals surface area contributed by atoms with E-state index in [1.54, 1.807) is 12.2 Å². The zero-order chi connectivity index (χ0) is 41.4. The summed E-state index contributed by atoms with van der Waals surface area (Å²) in [6.07, 6.45) is 69.5. The molecule has 0 aromatic heterocycles. The molecule has 0 spiro atoms. The van der Waals surface area contributed by atoms with Gasteiger partial charge in [0.2, 0.25) is 0 Å². The molecule has 3 N–H and O–H groups in total. The number of unbranched alkanes of at least 4 members (excludes halogenated alkanes) is 16. The lowest BCUT2D eigenvalue weighted by Gasteiger charge is -2.18. The molecule has 0 aliphatic rings.